The molecule has 8 nitrogen and oxygen atoms in total. The average Bonchev–Trinajstić information content (AvgIpc) is 1.82. The maximum Gasteiger partial charge on any atom is 0.319 e. The Morgan fingerprint density at radius 2 is 1.62 bits per heavy atom. The van der Waals surface area contributed by atoms with Gasteiger partial charge in [0, 0.05) is 0 Å². The third-order valence-electron chi connectivity index (χ3n) is 1.29. The number of hydrogen-bond donors (Lipinski definition) is 6. The third kappa shape index (κ3) is 2.95. The second-order valence-electron chi connectivity index (χ2n) is 2.35. The number of carboxylic acids is 1. The van der Waals surface area contributed by atoms with Crippen LogP contribution in [-0.4, -0.2) is 49.5 Å². The summed E-state index contributed by atoms with van der Waals surface area (Å²) in [6.45, 7) is 0. The van der Waals surface area contributed by atoms with Crippen molar-refractivity contribution in [2.75, 3.05) is 0 Å². The van der Waals surface area contributed by atoms with Crippen LogP contribution in [0.1, 0.15) is 0 Å². The molecule has 0 spiro atoms. The van der Waals surface area contributed by atoms with Crippen LogP contribution in [0.3, 0.4) is 0 Å². The SMILES string of the molecule is NC(=O)C(C(=O)O)C(O)C(O)(O)O. The van der Waals surface area contributed by atoms with E-state index in [1.54, 1.807) is 0 Å². The van der Waals surface area contributed by atoms with Gasteiger partial charge in [-0.1, -0.05) is 0 Å². The Morgan fingerprint density at radius 1 is 1.23 bits per heavy atom. The quantitative estimate of drug-likeness (QED) is 0.198. The zero-order valence-corrected chi connectivity index (χ0v) is 6.28. The number of hydrogen-bond acceptors (Lipinski definition) is 6. The molecule has 0 aromatic rings. The number of aliphatic carboxylic acids is 1. The number of aliphatic hydroxyl groups excluding tert-OH is 1. The molecule has 0 saturated carbocycles. The van der Waals surface area contributed by atoms with E-state index in [2.05, 4.69) is 5.73 Å². The molecule has 0 aromatic heterocycles. The molecular weight excluding hydrogens is 186 g/mol. The lowest BCUT2D eigenvalue weighted by Gasteiger charge is -2.24. The topological polar surface area (TPSA) is 161 Å². The van der Waals surface area contributed by atoms with Gasteiger partial charge >= 0.3 is 11.9 Å². The van der Waals surface area contributed by atoms with Gasteiger partial charge in [-0.05, 0) is 0 Å². The van der Waals surface area contributed by atoms with E-state index in [1.807, 2.05) is 0 Å². The summed E-state index contributed by atoms with van der Waals surface area (Å²) in [4.78, 5) is 20.6. The monoisotopic (exact) mass is 195 g/mol. The second kappa shape index (κ2) is 3.66. The molecule has 7 N–H and O–H groups in total. The lowest BCUT2D eigenvalue weighted by Crippen LogP contribution is -2.53. The predicted molar refractivity (Wildman–Crippen MR) is 35.7 cm³/mol. The third-order valence-corrected chi connectivity index (χ3v) is 1.29. The summed E-state index contributed by atoms with van der Waals surface area (Å²) in [5.41, 5.74) is 4.52. The van der Waals surface area contributed by atoms with E-state index in [1.165, 1.54) is 0 Å². The fourth-order valence-corrected chi connectivity index (χ4v) is 0.636. The lowest BCUT2D eigenvalue weighted by molar-refractivity contribution is -0.359. The Labute approximate surface area is 71.8 Å². The molecule has 0 fully saturated rings. The highest BCUT2D eigenvalue weighted by atomic mass is 16.7. The number of aliphatic hydroxyl groups is 4. The summed E-state index contributed by atoms with van der Waals surface area (Å²) in [5, 5.41) is 42.1. The maximum atomic E-state index is 10.4. The Kier molecular flexibility index (Phi) is 3.32. The second-order valence-corrected chi connectivity index (χ2v) is 2.35. The Balaban J connectivity index is 4.77. The van der Waals surface area contributed by atoms with Crippen LogP contribution in [0.2, 0.25) is 0 Å². The van der Waals surface area contributed by atoms with Crippen molar-refractivity contribution in [1.29, 1.82) is 0 Å². The summed E-state index contributed by atoms with van der Waals surface area (Å²) in [7, 11) is 0. The standard InChI is InChI=1S/C5H9NO7/c6-3(8)1(4(9)10)2(7)5(11,12)13/h1-2,7,11-13H,(H2,6,8)(H,9,10). The van der Waals surface area contributed by atoms with Gasteiger partial charge < -0.3 is 31.3 Å². The van der Waals surface area contributed by atoms with E-state index in [0.29, 0.717) is 0 Å². The summed E-state index contributed by atoms with van der Waals surface area (Å²) >= 11 is 0. The van der Waals surface area contributed by atoms with Crippen molar-refractivity contribution < 1.29 is 35.1 Å². The number of carboxylic acid groups (broad SMARTS) is 1. The number of primary amides is 1. The van der Waals surface area contributed by atoms with Gasteiger partial charge in [0.15, 0.2) is 12.0 Å². The highest BCUT2D eigenvalue weighted by molar-refractivity contribution is 5.96. The van der Waals surface area contributed by atoms with Crippen molar-refractivity contribution in [2.24, 2.45) is 11.7 Å². The molecular formula is C5H9NO7. The predicted octanol–water partition coefficient (Wildman–Crippen LogP) is -3.84. The number of nitrogens with two attached hydrogens (primary N) is 1. The molecule has 76 valence electrons. The van der Waals surface area contributed by atoms with Gasteiger partial charge in [0.05, 0.1) is 0 Å². The molecule has 0 bridgehead atoms. The lowest BCUT2D eigenvalue weighted by atomic mass is 10.0. The number of amides is 1. The molecule has 2 unspecified atom stereocenters. The molecule has 0 aliphatic heterocycles. The van der Waals surface area contributed by atoms with Crippen molar-refractivity contribution >= 4 is 11.9 Å². The van der Waals surface area contributed by atoms with Crippen LogP contribution >= 0.6 is 0 Å². The van der Waals surface area contributed by atoms with Gasteiger partial charge in [-0.15, -0.1) is 0 Å². The van der Waals surface area contributed by atoms with Crippen LogP contribution in [0.15, 0.2) is 0 Å². The number of rotatable bonds is 4. The highest BCUT2D eigenvalue weighted by Crippen LogP contribution is 2.13. The fraction of sp³-hybridized carbons (Fsp3) is 0.600. The van der Waals surface area contributed by atoms with E-state index < -0.39 is 29.9 Å². The summed E-state index contributed by atoms with van der Waals surface area (Å²) in [6.07, 6.45) is -2.61. The molecule has 2 atom stereocenters. The molecule has 0 radical (unpaired) electrons. The van der Waals surface area contributed by atoms with Gasteiger partial charge in [-0.2, -0.15) is 0 Å². The Hall–Kier alpha value is -1.22. The van der Waals surface area contributed by atoms with Crippen molar-refractivity contribution in [2.45, 2.75) is 12.1 Å². The van der Waals surface area contributed by atoms with Crippen molar-refractivity contribution in [3.8, 4) is 0 Å². The van der Waals surface area contributed by atoms with Crippen LogP contribution in [0.4, 0.5) is 0 Å². The zero-order valence-electron chi connectivity index (χ0n) is 6.28. The molecule has 0 aliphatic rings. The van der Waals surface area contributed by atoms with Crippen LogP contribution in [0.5, 0.6) is 0 Å². The van der Waals surface area contributed by atoms with Gasteiger partial charge in [-0.3, -0.25) is 9.59 Å². The van der Waals surface area contributed by atoms with E-state index >= 15 is 0 Å². The molecule has 8 heteroatoms. The zero-order chi connectivity index (χ0) is 10.8. The minimum absolute atomic E-state index is 1.50. The van der Waals surface area contributed by atoms with E-state index in [9.17, 15) is 9.59 Å². The first-order chi connectivity index (χ1) is 5.68. The number of carbonyl (C=O) groups is 2. The first-order valence-corrected chi connectivity index (χ1v) is 3.05. The van der Waals surface area contributed by atoms with Crippen LogP contribution in [0, 0.1) is 5.92 Å². The summed E-state index contributed by atoms with van der Waals surface area (Å²) in [5.74, 6) is -9.35. The summed E-state index contributed by atoms with van der Waals surface area (Å²) in [6, 6.07) is 0. The molecule has 0 rings (SSSR count). The molecule has 1 amide bonds. The average molecular weight is 195 g/mol. The van der Waals surface area contributed by atoms with Gasteiger partial charge in [0.25, 0.3) is 0 Å². The van der Waals surface area contributed by atoms with E-state index in [-0.39, 0.29) is 0 Å². The largest absolute Gasteiger partial charge is 0.481 e. The van der Waals surface area contributed by atoms with Crippen molar-refractivity contribution in [1.82, 2.24) is 0 Å². The minimum atomic E-state index is -3.68. The molecule has 0 aliphatic carbocycles. The van der Waals surface area contributed by atoms with E-state index in [4.69, 9.17) is 25.5 Å². The smallest absolute Gasteiger partial charge is 0.319 e. The van der Waals surface area contributed by atoms with E-state index in [0.717, 1.165) is 0 Å². The molecule has 0 aromatic carbocycles. The maximum absolute atomic E-state index is 10.4. The van der Waals surface area contributed by atoms with Crippen LogP contribution in [0.25, 0.3) is 0 Å². The molecule has 0 heterocycles. The molecule has 0 saturated heterocycles. The Morgan fingerprint density at radius 3 is 1.69 bits per heavy atom. The number of carbonyl (C=O) groups excluding carboxylic acids is 1. The first-order valence-electron chi connectivity index (χ1n) is 3.05. The minimum Gasteiger partial charge on any atom is -0.481 e. The highest BCUT2D eigenvalue weighted by Gasteiger charge is 2.44. The van der Waals surface area contributed by atoms with Crippen molar-refractivity contribution in [3.05, 3.63) is 0 Å². The van der Waals surface area contributed by atoms with Gasteiger partial charge in [-0.25, -0.2) is 0 Å². The van der Waals surface area contributed by atoms with Crippen molar-refractivity contribution in [3.63, 3.8) is 0 Å². The van der Waals surface area contributed by atoms with Gasteiger partial charge in [0.2, 0.25) is 5.91 Å². The molecule has 13 heavy (non-hydrogen) atoms. The summed E-state index contributed by atoms with van der Waals surface area (Å²) < 4.78 is 0. The first kappa shape index (κ1) is 11.8. The normalized spacial score (nSPS) is 16.3. The Bertz CT molecular complexity index is 205. The fourth-order valence-electron chi connectivity index (χ4n) is 0.636. The van der Waals surface area contributed by atoms with Gasteiger partial charge in [0.1, 0.15) is 0 Å². The van der Waals surface area contributed by atoms with Crippen LogP contribution in [-0.2, 0) is 9.59 Å². The van der Waals surface area contributed by atoms with Crippen LogP contribution < -0.4 is 5.73 Å².